The van der Waals surface area contributed by atoms with Gasteiger partial charge in [0.05, 0.1) is 11.6 Å². The average Bonchev–Trinajstić information content (AvgIpc) is 2.62. The van der Waals surface area contributed by atoms with Crippen molar-refractivity contribution in [2.45, 2.75) is 32.2 Å². The summed E-state index contributed by atoms with van der Waals surface area (Å²) in [6.07, 6.45) is 0.842. The van der Waals surface area contributed by atoms with Gasteiger partial charge in [0.15, 0.2) is 0 Å². The minimum absolute atomic E-state index is 0.0271. The van der Waals surface area contributed by atoms with Crippen molar-refractivity contribution in [1.29, 1.82) is 5.26 Å². The number of carbonyl (C=O) groups is 2. The molecule has 1 atom stereocenters. The molecule has 0 heterocycles. The van der Waals surface area contributed by atoms with Crippen molar-refractivity contribution in [3.8, 4) is 6.07 Å². The number of amides is 2. The summed E-state index contributed by atoms with van der Waals surface area (Å²) in [5, 5.41) is 23.6. The van der Waals surface area contributed by atoms with E-state index in [2.05, 4.69) is 16.7 Å². The molecule has 0 saturated heterocycles. The summed E-state index contributed by atoms with van der Waals surface area (Å²) in [4.78, 5) is 23.2. The van der Waals surface area contributed by atoms with Crippen LogP contribution >= 0.6 is 0 Å². The van der Waals surface area contributed by atoms with Gasteiger partial charge in [-0.05, 0) is 43.0 Å². The summed E-state index contributed by atoms with van der Waals surface area (Å²) in [6, 6.07) is 16.0. The molecule has 0 aliphatic carbocycles. The fraction of sp³-hybridized carbons (Fsp3) is 0.250. The number of carboxylic acids is 1. The Morgan fingerprint density at radius 1 is 1.15 bits per heavy atom. The van der Waals surface area contributed by atoms with Crippen LogP contribution in [0.15, 0.2) is 48.5 Å². The molecule has 0 spiro atoms. The van der Waals surface area contributed by atoms with Gasteiger partial charge in [-0.15, -0.1) is 0 Å². The van der Waals surface area contributed by atoms with Gasteiger partial charge in [-0.1, -0.05) is 36.4 Å². The van der Waals surface area contributed by atoms with Crippen molar-refractivity contribution in [3.05, 3.63) is 65.2 Å². The molecule has 1 unspecified atom stereocenters. The van der Waals surface area contributed by atoms with Gasteiger partial charge in [-0.25, -0.2) is 4.79 Å². The van der Waals surface area contributed by atoms with E-state index >= 15 is 0 Å². The Hall–Kier alpha value is -3.33. The third-order valence-electron chi connectivity index (χ3n) is 4.07. The maximum atomic E-state index is 12.4. The Morgan fingerprint density at radius 2 is 1.88 bits per heavy atom. The molecule has 6 nitrogen and oxygen atoms in total. The number of benzene rings is 2. The monoisotopic (exact) mass is 351 g/mol. The fourth-order valence-corrected chi connectivity index (χ4v) is 2.66. The molecule has 2 rings (SSSR count). The van der Waals surface area contributed by atoms with Gasteiger partial charge in [0.2, 0.25) is 0 Å². The second-order valence-electron chi connectivity index (χ2n) is 6.01. The molecule has 6 heteroatoms. The molecular formula is C20H21N3O3. The maximum absolute atomic E-state index is 12.4. The van der Waals surface area contributed by atoms with Crippen LogP contribution in [0, 0.1) is 18.3 Å². The summed E-state index contributed by atoms with van der Waals surface area (Å²) in [5.74, 6) is -0.900. The fourth-order valence-electron chi connectivity index (χ4n) is 2.66. The van der Waals surface area contributed by atoms with Crippen LogP contribution in [0.2, 0.25) is 0 Å². The molecule has 0 bridgehead atoms. The molecule has 3 N–H and O–H groups in total. The maximum Gasteiger partial charge on any atom is 0.319 e. The van der Waals surface area contributed by atoms with Gasteiger partial charge in [-0.3, -0.25) is 4.79 Å². The van der Waals surface area contributed by atoms with Crippen molar-refractivity contribution in [1.82, 2.24) is 5.32 Å². The van der Waals surface area contributed by atoms with E-state index in [4.69, 9.17) is 10.4 Å². The van der Waals surface area contributed by atoms with Crippen molar-refractivity contribution in [3.63, 3.8) is 0 Å². The molecule has 0 radical (unpaired) electrons. The summed E-state index contributed by atoms with van der Waals surface area (Å²) in [6.45, 7) is 1.76. The zero-order chi connectivity index (χ0) is 18.9. The molecule has 2 aromatic rings. The van der Waals surface area contributed by atoms with Crippen LogP contribution in [0.25, 0.3) is 0 Å². The average molecular weight is 351 g/mol. The molecule has 0 saturated carbocycles. The molecule has 134 valence electrons. The molecule has 0 aromatic heterocycles. The van der Waals surface area contributed by atoms with E-state index in [-0.39, 0.29) is 12.5 Å². The number of nitrogens with one attached hydrogen (secondary N) is 2. The smallest absolute Gasteiger partial charge is 0.319 e. The first-order valence-electron chi connectivity index (χ1n) is 8.32. The minimum Gasteiger partial charge on any atom is -0.481 e. The first-order valence-corrected chi connectivity index (χ1v) is 8.32. The highest BCUT2D eigenvalue weighted by Gasteiger charge is 2.16. The Labute approximate surface area is 152 Å². The molecule has 26 heavy (non-hydrogen) atoms. The predicted octanol–water partition coefficient (Wildman–Crippen LogP) is 3.46. The second-order valence-corrected chi connectivity index (χ2v) is 6.01. The first-order chi connectivity index (χ1) is 12.5. The lowest BCUT2D eigenvalue weighted by molar-refractivity contribution is -0.137. The molecule has 2 aromatic carbocycles. The molecule has 0 fully saturated rings. The summed E-state index contributed by atoms with van der Waals surface area (Å²) in [5.41, 5.74) is 2.76. The minimum atomic E-state index is -0.900. The van der Waals surface area contributed by atoms with Crippen LogP contribution < -0.4 is 10.6 Å². The lowest BCUT2D eigenvalue weighted by Crippen LogP contribution is -2.39. The van der Waals surface area contributed by atoms with Crippen LogP contribution in [-0.4, -0.2) is 23.1 Å². The number of nitriles is 1. The van der Waals surface area contributed by atoms with Gasteiger partial charge < -0.3 is 15.7 Å². The highest BCUT2D eigenvalue weighted by molar-refractivity contribution is 5.90. The summed E-state index contributed by atoms with van der Waals surface area (Å²) in [7, 11) is 0. The van der Waals surface area contributed by atoms with Crippen molar-refractivity contribution < 1.29 is 14.7 Å². The number of nitrogens with zero attached hydrogens (tertiary/aromatic N) is 1. The molecular weight excluding hydrogens is 330 g/mol. The van der Waals surface area contributed by atoms with E-state index in [0.717, 1.165) is 5.56 Å². The molecule has 2 amide bonds. The number of rotatable bonds is 7. The number of hydrogen-bond donors (Lipinski definition) is 3. The van der Waals surface area contributed by atoms with Crippen molar-refractivity contribution in [2.75, 3.05) is 5.32 Å². The van der Waals surface area contributed by atoms with Gasteiger partial charge in [-0.2, -0.15) is 5.26 Å². The number of carboxylic acid groups (broad SMARTS) is 1. The Bertz CT molecular complexity index is 813. The highest BCUT2D eigenvalue weighted by atomic mass is 16.4. The van der Waals surface area contributed by atoms with E-state index in [9.17, 15) is 9.59 Å². The van der Waals surface area contributed by atoms with E-state index in [1.807, 2.05) is 30.3 Å². The second kappa shape index (κ2) is 9.23. The van der Waals surface area contributed by atoms with Crippen LogP contribution in [0.4, 0.5) is 10.5 Å². The van der Waals surface area contributed by atoms with Crippen LogP contribution in [-0.2, 0) is 11.2 Å². The third kappa shape index (κ3) is 5.64. The standard InChI is InChI=1S/C20H21N3O3/c1-14-16(13-21)8-5-9-18(14)23-20(26)22-17(10-11-19(24)25)12-15-6-3-2-4-7-15/h2-9,17H,10-12H2,1H3,(H,24,25)(H2,22,23,26). The number of anilines is 1. The summed E-state index contributed by atoms with van der Waals surface area (Å²) >= 11 is 0. The zero-order valence-corrected chi connectivity index (χ0v) is 14.5. The van der Waals surface area contributed by atoms with E-state index in [1.54, 1.807) is 25.1 Å². The largest absolute Gasteiger partial charge is 0.481 e. The normalized spacial score (nSPS) is 11.2. The van der Waals surface area contributed by atoms with Crippen molar-refractivity contribution >= 4 is 17.7 Å². The van der Waals surface area contributed by atoms with Crippen LogP contribution in [0.3, 0.4) is 0 Å². The zero-order valence-electron chi connectivity index (χ0n) is 14.5. The van der Waals surface area contributed by atoms with E-state index in [0.29, 0.717) is 29.7 Å². The van der Waals surface area contributed by atoms with Gasteiger partial charge in [0.1, 0.15) is 0 Å². The lowest BCUT2D eigenvalue weighted by Gasteiger charge is -2.19. The van der Waals surface area contributed by atoms with E-state index in [1.165, 1.54) is 0 Å². The first kappa shape index (κ1) is 19.0. The number of urea groups is 1. The Balaban J connectivity index is 2.05. The molecule has 0 aliphatic rings. The van der Waals surface area contributed by atoms with Gasteiger partial charge in [0.25, 0.3) is 0 Å². The van der Waals surface area contributed by atoms with Crippen LogP contribution in [0.1, 0.15) is 29.5 Å². The van der Waals surface area contributed by atoms with Crippen molar-refractivity contribution in [2.24, 2.45) is 0 Å². The number of hydrogen-bond acceptors (Lipinski definition) is 3. The van der Waals surface area contributed by atoms with Gasteiger partial charge >= 0.3 is 12.0 Å². The highest BCUT2D eigenvalue weighted by Crippen LogP contribution is 2.18. The SMILES string of the molecule is Cc1c(C#N)cccc1NC(=O)NC(CCC(=O)O)Cc1ccccc1. The third-order valence-corrected chi connectivity index (χ3v) is 4.07. The quantitative estimate of drug-likeness (QED) is 0.711. The van der Waals surface area contributed by atoms with E-state index < -0.39 is 12.0 Å². The molecule has 0 aliphatic heterocycles. The number of aliphatic carboxylic acids is 1. The van der Waals surface area contributed by atoms with Crippen LogP contribution in [0.5, 0.6) is 0 Å². The predicted molar refractivity (Wildman–Crippen MR) is 98.9 cm³/mol. The lowest BCUT2D eigenvalue weighted by atomic mass is 10.0. The number of carbonyl (C=O) groups excluding carboxylic acids is 1. The topological polar surface area (TPSA) is 102 Å². The Kier molecular flexibility index (Phi) is 6.75. The summed E-state index contributed by atoms with van der Waals surface area (Å²) < 4.78 is 0. The Morgan fingerprint density at radius 3 is 2.54 bits per heavy atom. The van der Waals surface area contributed by atoms with Gasteiger partial charge in [0, 0.05) is 18.2 Å².